The van der Waals surface area contributed by atoms with Crippen LogP contribution in [0.5, 0.6) is 0 Å². The van der Waals surface area contributed by atoms with Gasteiger partial charge in [-0.3, -0.25) is 10.2 Å². The zero-order valence-corrected chi connectivity index (χ0v) is 10.7. The first kappa shape index (κ1) is 13.9. The number of hydrazine groups is 1. The Morgan fingerprint density at radius 3 is 2.58 bits per heavy atom. The van der Waals surface area contributed by atoms with E-state index in [1.54, 1.807) is 0 Å². The van der Waals surface area contributed by atoms with Crippen molar-refractivity contribution in [2.75, 3.05) is 20.1 Å². The fourth-order valence-corrected chi connectivity index (χ4v) is 2.62. The van der Waals surface area contributed by atoms with E-state index in [0.717, 1.165) is 18.2 Å². The highest BCUT2D eigenvalue weighted by Gasteiger charge is 2.44. The van der Waals surface area contributed by atoms with Gasteiger partial charge in [0, 0.05) is 5.56 Å². The van der Waals surface area contributed by atoms with Crippen molar-refractivity contribution < 1.29 is 13.6 Å². The van der Waals surface area contributed by atoms with E-state index in [1.165, 1.54) is 0 Å². The minimum atomic E-state index is -1.09. The number of rotatable bonds is 2. The molecule has 1 aromatic rings. The molecule has 1 aromatic carbocycles. The molecule has 0 aromatic heterocycles. The minimum absolute atomic E-state index is 0.0866. The van der Waals surface area contributed by atoms with Crippen LogP contribution in [-0.2, 0) is 10.2 Å². The number of benzene rings is 1. The number of halogens is 2. The fraction of sp³-hybridized carbons (Fsp3) is 0.462. The number of carbonyl (C=O) groups is 1. The van der Waals surface area contributed by atoms with Crippen LogP contribution in [0.3, 0.4) is 0 Å². The van der Waals surface area contributed by atoms with E-state index in [-0.39, 0.29) is 5.56 Å². The Hall–Kier alpha value is -1.53. The van der Waals surface area contributed by atoms with Crippen molar-refractivity contribution in [2.45, 2.75) is 18.3 Å². The fourth-order valence-electron chi connectivity index (χ4n) is 2.62. The van der Waals surface area contributed by atoms with Crippen LogP contribution in [0.1, 0.15) is 18.4 Å². The molecule has 2 rings (SSSR count). The van der Waals surface area contributed by atoms with Crippen molar-refractivity contribution in [1.82, 2.24) is 10.3 Å². The maximum atomic E-state index is 14.0. The van der Waals surface area contributed by atoms with Crippen molar-refractivity contribution in [3.8, 4) is 0 Å². The van der Waals surface area contributed by atoms with Crippen LogP contribution >= 0.6 is 0 Å². The molecule has 1 fully saturated rings. The van der Waals surface area contributed by atoms with E-state index in [9.17, 15) is 13.6 Å². The quantitative estimate of drug-likeness (QED) is 0.477. The second-order valence-corrected chi connectivity index (χ2v) is 4.98. The molecule has 1 aliphatic rings. The summed E-state index contributed by atoms with van der Waals surface area (Å²) in [6.07, 6.45) is 0.819. The number of nitrogens with zero attached hydrogens (tertiary/aromatic N) is 1. The van der Waals surface area contributed by atoms with Gasteiger partial charge >= 0.3 is 0 Å². The summed E-state index contributed by atoms with van der Waals surface area (Å²) in [5.74, 6) is 3.62. The lowest BCUT2D eigenvalue weighted by molar-refractivity contribution is -0.128. The third-order valence-corrected chi connectivity index (χ3v) is 3.85. The summed E-state index contributed by atoms with van der Waals surface area (Å²) in [7, 11) is 1.92. The maximum absolute atomic E-state index is 14.0. The average molecular weight is 269 g/mol. The normalized spacial score (nSPS) is 19.2. The lowest BCUT2D eigenvalue weighted by Crippen LogP contribution is -2.53. The molecule has 0 radical (unpaired) electrons. The highest BCUT2D eigenvalue weighted by Crippen LogP contribution is 2.37. The van der Waals surface area contributed by atoms with Gasteiger partial charge in [-0.2, -0.15) is 0 Å². The van der Waals surface area contributed by atoms with Gasteiger partial charge < -0.3 is 4.90 Å². The third kappa shape index (κ3) is 2.46. The molecule has 1 amide bonds. The number of carbonyl (C=O) groups excluding carboxylic acids is 1. The first-order chi connectivity index (χ1) is 8.99. The summed E-state index contributed by atoms with van der Waals surface area (Å²) in [5, 5.41) is 0. The average Bonchev–Trinajstić information content (AvgIpc) is 2.42. The summed E-state index contributed by atoms with van der Waals surface area (Å²) in [4.78, 5) is 14.2. The molecule has 0 spiro atoms. The number of likely N-dealkylation sites (tertiary alicyclic amines) is 1. The molecule has 104 valence electrons. The van der Waals surface area contributed by atoms with Crippen LogP contribution in [0.25, 0.3) is 0 Å². The molecule has 1 heterocycles. The van der Waals surface area contributed by atoms with E-state index in [2.05, 4.69) is 5.43 Å². The van der Waals surface area contributed by atoms with E-state index in [4.69, 9.17) is 5.84 Å². The number of nitrogens with one attached hydrogen (secondary N) is 1. The number of hydrogen-bond acceptors (Lipinski definition) is 3. The number of hydrogen-bond donors (Lipinski definition) is 2. The SMILES string of the molecule is CN1CCC(C(=O)NN)(c2cc(F)ccc2F)CC1. The Kier molecular flexibility index (Phi) is 3.82. The Labute approximate surface area is 110 Å². The molecular weight excluding hydrogens is 252 g/mol. The monoisotopic (exact) mass is 269 g/mol. The Morgan fingerprint density at radius 1 is 1.37 bits per heavy atom. The summed E-state index contributed by atoms with van der Waals surface area (Å²) in [5.41, 5.74) is 1.09. The minimum Gasteiger partial charge on any atom is -0.306 e. The smallest absolute Gasteiger partial charge is 0.244 e. The van der Waals surface area contributed by atoms with Crippen molar-refractivity contribution in [1.29, 1.82) is 0 Å². The maximum Gasteiger partial charge on any atom is 0.244 e. The van der Waals surface area contributed by atoms with Gasteiger partial charge in [-0.05, 0) is 51.2 Å². The van der Waals surface area contributed by atoms with Gasteiger partial charge in [0.15, 0.2) is 0 Å². The molecule has 0 bridgehead atoms. The Bertz CT molecular complexity index is 485. The molecule has 0 aliphatic carbocycles. The van der Waals surface area contributed by atoms with Crippen LogP contribution in [0.4, 0.5) is 8.78 Å². The molecule has 0 saturated carbocycles. The highest BCUT2D eigenvalue weighted by molar-refractivity contribution is 5.88. The second-order valence-electron chi connectivity index (χ2n) is 4.98. The van der Waals surface area contributed by atoms with Gasteiger partial charge in [-0.25, -0.2) is 14.6 Å². The van der Waals surface area contributed by atoms with E-state index < -0.39 is 23.0 Å². The zero-order valence-electron chi connectivity index (χ0n) is 10.7. The second kappa shape index (κ2) is 5.22. The van der Waals surface area contributed by atoms with Gasteiger partial charge in [-0.15, -0.1) is 0 Å². The molecule has 1 saturated heterocycles. The van der Waals surface area contributed by atoms with Crippen LogP contribution < -0.4 is 11.3 Å². The summed E-state index contributed by atoms with van der Waals surface area (Å²) < 4.78 is 27.4. The van der Waals surface area contributed by atoms with Crippen molar-refractivity contribution >= 4 is 5.91 Å². The van der Waals surface area contributed by atoms with E-state index >= 15 is 0 Å². The first-order valence-corrected chi connectivity index (χ1v) is 6.15. The van der Waals surface area contributed by atoms with Crippen LogP contribution in [0.15, 0.2) is 18.2 Å². The van der Waals surface area contributed by atoms with E-state index in [0.29, 0.717) is 25.9 Å². The van der Waals surface area contributed by atoms with Gasteiger partial charge in [0.1, 0.15) is 11.6 Å². The van der Waals surface area contributed by atoms with Crippen molar-refractivity contribution in [2.24, 2.45) is 5.84 Å². The van der Waals surface area contributed by atoms with Crippen molar-refractivity contribution in [3.63, 3.8) is 0 Å². The van der Waals surface area contributed by atoms with Crippen molar-refractivity contribution in [3.05, 3.63) is 35.4 Å². The predicted molar refractivity (Wildman–Crippen MR) is 67.1 cm³/mol. The molecule has 3 N–H and O–H groups in total. The number of nitrogens with two attached hydrogens (primary N) is 1. The van der Waals surface area contributed by atoms with Gasteiger partial charge in [0.25, 0.3) is 0 Å². The van der Waals surface area contributed by atoms with Crippen LogP contribution in [0, 0.1) is 11.6 Å². The number of piperidine rings is 1. The molecular formula is C13H17F2N3O. The topological polar surface area (TPSA) is 58.4 Å². The van der Waals surface area contributed by atoms with Crippen LogP contribution in [0.2, 0.25) is 0 Å². The first-order valence-electron chi connectivity index (χ1n) is 6.15. The predicted octanol–water partition coefficient (Wildman–Crippen LogP) is 0.918. The van der Waals surface area contributed by atoms with Gasteiger partial charge in [-0.1, -0.05) is 0 Å². The molecule has 4 nitrogen and oxygen atoms in total. The number of amides is 1. The standard InChI is InChI=1S/C13H17F2N3O/c1-18-6-4-13(5-7-18,12(19)17-16)10-8-9(14)2-3-11(10)15/h2-3,8H,4-7,16H2,1H3,(H,17,19). The Morgan fingerprint density at radius 2 is 2.00 bits per heavy atom. The summed E-state index contributed by atoms with van der Waals surface area (Å²) in [6, 6.07) is 3.19. The zero-order chi connectivity index (χ0) is 14.0. The van der Waals surface area contributed by atoms with Gasteiger partial charge in [0.2, 0.25) is 5.91 Å². The van der Waals surface area contributed by atoms with Crippen LogP contribution in [-0.4, -0.2) is 30.9 Å². The molecule has 6 heteroatoms. The van der Waals surface area contributed by atoms with Gasteiger partial charge in [0.05, 0.1) is 5.41 Å². The van der Waals surface area contributed by atoms with E-state index in [1.807, 2.05) is 11.9 Å². The lowest BCUT2D eigenvalue weighted by Gasteiger charge is -2.39. The summed E-state index contributed by atoms with van der Waals surface area (Å²) >= 11 is 0. The molecule has 0 unspecified atom stereocenters. The lowest BCUT2D eigenvalue weighted by atomic mass is 9.72. The summed E-state index contributed by atoms with van der Waals surface area (Å²) in [6.45, 7) is 1.26. The molecule has 19 heavy (non-hydrogen) atoms. The molecule has 1 aliphatic heterocycles. The third-order valence-electron chi connectivity index (χ3n) is 3.85. The molecule has 0 atom stereocenters. The Balaban J connectivity index is 2.49. The largest absolute Gasteiger partial charge is 0.306 e. The highest BCUT2D eigenvalue weighted by atomic mass is 19.1.